The van der Waals surface area contributed by atoms with Gasteiger partial charge in [-0.1, -0.05) is 20.8 Å². The first-order chi connectivity index (χ1) is 9.19. The summed E-state index contributed by atoms with van der Waals surface area (Å²) in [6.45, 7) is 9.76. The molecule has 1 rings (SSSR count). The predicted molar refractivity (Wildman–Crippen MR) is 77.5 cm³/mol. The Morgan fingerprint density at radius 3 is 2.58 bits per heavy atom. The van der Waals surface area contributed by atoms with Crippen molar-refractivity contribution in [3.63, 3.8) is 0 Å². The van der Waals surface area contributed by atoms with Crippen molar-refractivity contribution < 1.29 is 14.2 Å². The number of nitrogens with one attached hydrogen (secondary N) is 1. The third-order valence-electron chi connectivity index (χ3n) is 3.57. The fraction of sp³-hybridized carbons (Fsp3) is 1.00. The number of hydrogen-bond donors (Lipinski definition) is 1. The summed E-state index contributed by atoms with van der Waals surface area (Å²) in [6.07, 6.45) is 3.89. The molecule has 0 aromatic carbocycles. The number of rotatable bonds is 11. The van der Waals surface area contributed by atoms with E-state index in [9.17, 15) is 0 Å². The Bertz CT molecular complexity index is 223. The van der Waals surface area contributed by atoms with Gasteiger partial charge in [0, 0.05) is 19.8 Å². The molecule has 4 heteroatoms. The highest BCUT2D eigenvalue weighted by atomic mass is 16.6. The molecule has 1 fully saturated rings. The topological polar surface area (TPSA) is 39.7 Å². The molecule has 0 aromatic rings. The molecule has 0 aliphatic heterocycles. The van der Waals surface area contributed by atoms with Crippen molar-refractivity contribution in [2.45, 2.75) is 58.3 Å². The van der Waals surface area contributed by atoms with Crippen molar-refractivity contribution >= 4 is 0 Å². The number of methoxy groups -OCH3 is 1. The lowest BCUT2D eigenvalue weighted by atomic mass is 9.85. The highest BCUT2D eigenvalue weighted by Gasteiger charge is 2.42. The zero-order chi connectivity index (χ0) is 14.1. The summed E-state index contributed by atoms with van der Waals surface area (Å²) in [4.78, 5) is 0. The van der Waals surface area contributed by atoms with Gasteiger partial charge in [-0.2, -0.15) is 0 Å². The minimum atomic E-state index is 0.189. The molecule has 3 atom stereocenters. The Morgan fingerprint density at radius 1 is 1.16 bits per heavy atom. The fourth-order valence-corrected chi connectivity index (χ4v) is 2.42. The van der Waals surface area contributed by atoms with E-state index in [4.69, 9.17) is 14.2 Å². The van der Waals surface area contributed by atoms with Crippen LogP contribution >= 0.6 is 0 Å². The molecular formula is C15H31NO3. The lowest BCUT2D eigenvalue weighted by molar-refractivity contribution is -0.152. The molecule has 19 heavy (non-hydrogen) atoms. The van der Waals surface area contributed by atoms with Gasteiger partial charge in [0.25, 0.3) is 0 Å². The maximum atomic E-state index is 5.94. The van der Waals surface area contributed by atoms with Gasteiger partial charge < -0.3 is 19.5 Å². The van der Waals surface area contributed by atoms with Gasteiger partial charge in [-0.15, -0.1) is 0 Å². The summed E-state index contributed by atoms with van der Waals surface area (Å²) in [6, 6.07) is 0.442. The number of likely N-dealkylation sites (N-methyl/N-ethyl adjacent to an activating group) is 1. The van der Waals surface area contributed by atoms with Crippen molar-refractivity contribution in [3.05, 3.63) is 0 Å². The molecule has 114 valence electrons. The summed E-state index contributed by atoms with van der Waals surface area (Å²) >= 11 is 0. The molecule has 4 nitrogen and oxygen atoms in total. The molecule has 3 unspecified atom stereocenters. The molecular weight excluding hydrogens is 242 g/mol. The maximum absolute atomic E-state index is 5.94. The lowest BCUT2D eigenvalue weighted by Crippen LogP contribution is -2.60. The molecule has 0 amide bonds. The first-order valence-electron chi connectivity index (χ1n) is 7.64. The smallest absolute Gasteiger partial charge is 0.0991 e. The Labute approximate surface area is 118 Å². The number of ether oxygens (including phenoxy) is 3. The van der Waals surface area contributed by atoms with Crippen LogP contribution in [-0.2, 0) is 14.2 Å². The van der Waals surface area contributed by atoms with Crippen molar-refractivity contribution in [3.8, 4) is 0 Å². The average molecular weight is 273 g/mol. The van der Waals surface area contributed by atoms with Gasteiger partial charge in [0.15, 0.2) is 0 Å². The van der Waals surface area contributed by atoms with E-state index in [2.05, 4.69) is 26.1 Å². The molecule has 0 radical (unpaired) electrons. The average Bonchev–Trinajstić information content (AvgIpc) is 2.36. The third kappa shape index (κ3) is 6.21. The van der Waals surface area contributed by atoms with Crippen LogP contribution in [-0.4, -0.2) is 51.7 Å². The summed E-state index contributed by atoms with van der Waals surface area (Å²) < 4.78 is 16.8. The van der Waals surface area contributed by atoms with Crippen molar-refractivity contribution in [2.75, 3.05) is 33.5 Å². The van der Waals surface area contributed by atoms with Gasteiger partial charge in [0.2, 0.25) is 0 Å². The van der Waals surface area contributed by atoms with E-state index < -0.39 is 0 Å². The zero-order valence-electron chi connectivity index (χ0n) is 13.0. The van der Waals surface area contributed by atoms with Crippen LogP contribution in [0, 0.1) is 5.92 Å². The first kappa shape index (κ1) is 16.9. The van der Waals surface area contributed by atoms with Gasteiger partial charge in [-0.05, 0) is 31.7 Å². The van der Waals surface area contributed by atoms with Crippen LogP contribution in [0.2, 0.25) is 0 Å². The van der Waals surface area contributed by atoms with Gasteiger partial charge in [0.05, 0.1) is 25.4 Å². The summed E-state index contributed by atoms with van der Waals surface area (Å²) in [7, 11) is 1.70. The summed E-state index contributed by atoms with van der Waals surface area (Å²) in [5.41, 5.74) is 0. The summed E-state index contributed by atoms with van der Waals surface area (Å²) in [5, 5.41) is 3.45. The minimum Gasteiger partial charge on any atom is -0.382 e. The van der Waals surface area contributed by atoms with Crippen molar-refractivity contribution in [1.29, 1.82) is 0 Å². The van der Waals surface area contributed by atoms with Crippen LogP contribution in [0.3, 0.4) is 0 Å². The Morgan fingerprint density at radius 2 is 1.95 bits per heavy atom. The van der Waals surface area contributed by atoms with E-state index in [-0.39, 0.29) is 12.2 Å². The lowest BCUT2D eigenvalue weighted by Gasteiger charge is -2.44. The van der Waals surface area contributed by atoms with Gasteiger partial charge >= 0.3 is 0 Å². The number of hydrogen-bond acceptors (Lipinski definition) is 4. The molecule has 1 aliphatic carbocycles. The van der Waals surface area contributed by atoms with Crippen LogP contribution in [0.5, 0.6) is 0 Å². The molecule has 0 aromatic heterocycles. The standard InChI is InChI=1S/C15H31NO3/c1-5-16-13-11-14(15(13)19-10-9-17-4)18-8-6-7-12(2)3/h12-16H,5-11H2,1-4H3. The van der Waals surface area contributed by atoms with Crippen LogP contribution in [0.15, 0.2) is 0 Å². The Hall–Kier alpha value is -0.160. The molecule has 1 saturated carbocycles. The van der Waals surface area contributed by atoms with Crippen LogP contribution in [0.25, 0.3) is 0 Å². The zero-order valence-corrected chi connectivity index (χ0v) is 13.0. The SMILES string of the molecule is CCNC1CC(OCCCC(C)C)C1OCCOC. The molecule has 0 spiro atoms. The largest absolute Gasteiger partial charge is 0.382 e. The Kier molecular flexibility index (Phi) is 8.62. The first-order valence-corrected chi connectivity index (χ1v) is 7.64. The van der Waals surface area contributed by atoms with Gasteiger partial charge in [-0.3, -0.25) is 0 Å². The Balaban J connectivity index is 2.20. The van der Waals surface area contributed by atoms with Crippen molar-refractivity contribution in [2.24, 2.45) is 5.92 Å². The van der Waals surface area contributed by atoms with E-state index in [0.29, 0.717) is 19.3 Å². The fourth-order valence-electron chi connectivity index (χ4n) is 2.42. The van der Waals surface area contributed by atoms with Gasteiger partial charge in [-0.25, -0.2) is 0 Å². The summed E-state index contributed by atoms with van der Waals surface area (Å²) in [5.74, 6) is 0.758. The van der Waals surface area contributed by atoms with Crippen LogP contribution < -0.4 is 5.32 Å². The van der Waals surface area contributed by atoms with Crippen LogP contribution in [0.1, 0.15) is 40.0 Å². The second kappa shape index (κ2) is 9.70. The van der Waals surface area contributed by atoms with E-state index in [1.807, 2.05) is 0 Å². The molecule has 1 aliphatic rings. The van der Waals surface area contributed by atoms with E-state index in [0.717, 1.165) is 31.9 Å². The normalized spacial score (nSPS) is 26.7. The van der Waals surface area contributed by atoms with E-state index in [1.165, 1.54) is 6.42 Å². The molecule has 0 bridgehead atoms. The monoisotopic (exact) mass is 273 g/mol. The maximum Gasteiger partial charge on any atom is 0.0991 e. The molecule has 1 N–H and O–H groups in total. The van der Waals surface area contributed by atoms with Crippen molar-refractivity contribution in [1.82, 2.24) is 5.32 Å². The second-order valence-corrected chi connectivity index (χ2v) is 5.67. The van der Waals surface area contributed by atoms with E-state index >= 15 is 0 Å². The predicted octanol–water partition coefficient (Wildman–Crippen LogP) is 2.22. The van der Waals surface area contributed by atoms with Crippen LogP contribution in [0.4, 0.5) is 0 Å². The molecule has 0 heterocycles. The highest BCUT2D eigenvalue weighted by Crippen LogP contribution is 2.27. The minimum absolute atomic E-state index is 0.189. The highest BCUT2D eigenvalue weighted by molar-refractivity contribution is 4.97. The molecule has 0 saturated heterocycles. The van der Waals surface area contributed by atoms with E-state index in [1.54, 1.807) is 7.11 Å². The third-order valence-corrected chi connectivity index (χ3v) is 3.57. The second-order valence-electron chi connectivity index (χ2n) is 5.67. The quantitative estimate of drug-likeness (QED) is 0.586. The van der Waals surface area contributed by atoms with Gasteiger partial charge in [0.1, 0.15) is 0 Å².